The smallest absolute Gasteiger partial charge is 0.129 e. The van der Waals surface area contributed by atoms with Gasteiger partial charge in [0.15, 0.2) is 0 Å². The zero-order valence-electron chi connectivity index (χ0n) is 6.50. The van der Waals surface area contributed by atoms with Crippen LogP contribution in [0.5, 0.6) is 0 Å². The normalized spacial score (nSPS) is 12.1. The minimum absolute atomic E-state index is 0.140. The van der Waals surface area contributed by atoms with Crippen molar-refractivity contribution in [3.05, 3.63) is 35.6 Å². The van der Waals surface area contributed by atoms with E-state index in [9.17, 15) is 9.50 Å². The first-order valence-corrected chi connectivity index (χ1v) is 3.61. The summed E-state index contributed by atoms with van der Waals surface area (Å²) in [7, 11) is 0. The van der Waals surface area contributed by atoms with Crippen molar-refractivity contribution in [1.82, 2.24) is 0 Å². The molecule has 0 bridgehead atoms. The summed E-state index contributed by atoms with van der Waals surface area (Å²) in [6.45, 7) is 0. The molecular formula is C10H9FO. The predicted octanol–water partition coefficient (Wildman–Crippen LogP) is 1.88. The Labute approximate surface area is 70.9 Å². The molecule has 0 fully saturated rings. The zero-order chi connectivity index (χ0) is 8.97. The number of benzene rings is 1. The van der Waals surface area contributed by atoms with Crippen molar-refractivity contribution >= 4 is 0 Å². The van der Waals surface area contributed by atoms with E-state index in [1.807, 2.05) is 0 Å². The van der Waals surface area contributed by atoms with Crippen LogP contribution in [0.25, 0.3) is 0 Å². The van der Waals surface area contributed by atoms with E-state index in [0.717, 1.165) is 0 Å². The minimum atomic E-state index is -0.892. The van der Waals surface area contributed by atoms with Crippen LogP contribution in [0.1, 0.15) is 18.1 Å². The van der Waals surface area contributed by atoms with E-state index in [4.69, 9.17) is 6.42 Å². The third kappa shape index (κ3) is 1.84. The largest absolute Gasteiger partial charge is 0.387 e. The van der Waals surface area contributed by atoms with Gasteiger partial charge in [-0.25, -0.2) is 4.39 Å². The summed E-state index contributed by atoms with van der Waals surface area (Å²) in [5, 5.41) is 9.32. The first-order chi connectivity index (χ1) is 5.75. The maximum Gasteiger partial charge on any atom is 0.129 e. The summed E-state index contributed by atoms with van der Waals surface area (Å²) >= 11 is 0. The highest BCUT2D eigenvalue weighted by molar-refractivity contribution is 5.20. The van der Waals surface area contributed by atoms with Gasteiger partial charge in [-0.15, -0.1) is 12.3 Å². The highest BCUT2D eigenvalue weighted by Gasteiger charge is 2.09. The molecule has 1 N–H and O–H groups in total. The van der Waals surface area contributed by atoms with E-state index in [1.165, 1.54) is 12.1 Å². The lowest BCUT2D eigenvalue weighted by Crippen LogP contribution is -1.98. The molecule has 0 aliphatic rings. The van der Waals surface area contributed by atoms with Gasteiger partial charge in [0.2, 0.25) is 0 Å². The van der Waals surface area contributed by atoms with Crippen LogP contribution >= 0.6 is 0 Å². The first kappa shape index (κ1) is 8.76. The lowest BCUT2D eigenvalue weighted by Gasteiger charge is -2.07. The number of hydrogen-bond acceptors (Lipinski definition) is 1. The van der Waals surface area contributed by atoms with E-state index in [0.29, 0.717) is 0 Å². The third-order valence-electron chi connectivity index (χ3n) is 1.58. The van der Waals surface area contributed by atoms with Gasteiger partial charge in [-0.3, -0.25) is 0 Å². The van der Waals surface area contributed by atoms with Crippen molar-refractivity contribution in [3.8, 4) is 12.3 Å². The lowest BCUT2D eigenvalue weighted by molar-refractivity contribution is 0.179. The van der Waals surface area contributed by atoms with Gasteiger partial charge >= 0.3 is 0 Å². The minimum Gasteiger partial charge on any atom is -0.387 e. The van der Waals surface area contributed by atoms with Gasteiger partial charge in [0.1, 0.15) is 5.82 Å². The molecule has 1 aromatic rings. The summed E-state index contributed by atoms with van der Waals surface area (Å²) in [4.78, 5) is 0. The fourth-order valence-electron chi connectivity index (χ4n) is 0.967. The Bertz CT molecular complexity index is 301. The number of terminal acetylenes is 1. The van der Waals surface area contributed by atoms with Gasteiger partial charge in [-0.1, -0.05) is 18.2 Å². The van der Waals surface area contributed by atoms with Crippen LogP contribution in [0, 0.1) is 18.2 Å². The monoisotopic (exact) mass is 164 g/mol. The van der Waals surface area contributed by atoms with Gasteiger partial charge in [0, 0.05) is 12.0 Å². The van der Waals surface area contributed by atoms with E-state index in [-0.39, 0.29) is 12.0 Å². The fraction of sp³-hybridized carbons (Fsp3) is 0.200. The Morgan fingerprint density at radius 2 is 2.17 bits per heavy atom. The summed E-state index contributed by atoms with van der Waals surface area (Å²) in [6, 6.07) is 6.06. The van der Waals surface area contributed by atoms with Crippen LogP contribution in [0.4, 0.5) is 4.39 Å². The average Bonchev–Trinajstić information content (AvgIpc) is 2.05. The second-order valence-electron chi connectivity index (χ2n) is 2.45. The molecule has 62 valence electrons. The third-order valence-corrected chi connectivity index (χ3v) is 1.58. The Morgan fingerprint density at radius 1 is 1.50 bits per heavy atom. The van der Waals surface area contributed by atoms with Gasteiger partial charge in [-0.05, 0) is 6.07 Å². The zero-order valence-corrected chi connectivity index (χ0v) is 6.50. The second-order valence-corrected chi connectivity index (χ2v) is 2.45. The average molecular weight is 164 g/mol. The Hall–Kier alpha value is -1.33. The van der Waals surface area contributed by atoms with Crippen molar-refractivity contribution < 1.29 is 9.50 Å². The molecule has 0 saturated heterocycles. The number of aliphatic hydroxyl groups excluding tert-OH is 1. The van der Waals surface area contributed by atoms with E-state index < -0.39 is 11.9 Å². The molecule has 0 heterocycles. The molecular weight excluding hydrogens is 155 g/mol. The molecule has 1 aromatic carbocycles. The van der Waals surface area contributed by atoms with Gasteiger partial charge in [-0.2, -0.15) is 0 Å². The highest BCUT2D eigenvalue weighted by atomic mass is 19.1. The molecule has 1 atom stereocenters. The molecule has 0 saturated carbocycles. The van der Waals surface area contributed by atoms with Crippen molar-refractivity contribution in [1.29, 1.82) is 0 Å². The Balaban J connectivity index is 2.88. The summed E-state index contributed by atoms with van der Waals surface area (Å²) in [5.74, 6) is 1.86. The Morgan fingerprint density at radius 3 is 2.75 bits per heavy atom. The lowest BCUT2D eigenvalue weighted by atomic mass is 10.1. The predicted molar refractivity (Wildman–Crippen MR) is 44.8 cm³/mol. The van der Waals surface area contributed by atoms with E-state index in [1.54, 1.807) is 12.1 Å². The number of hydrogen-bond donors (Lipinski definition) is 1. The highest BCUT2D eigenvalue weighted by Crippen LogP contribution is 2.18. The van der Waals surface area contributed by atoms with E-state index >= 15 is 0 Å². The molecule has 0 aliphatic heterocycles. The molecule has 0 aromatic heterocycles. The van der Waals surface area contributed by atoms with Crippen LogP contribution in [0.2, 0.25) is 0 Å². The molecule has 0 spiro atoms. The van der Waals surface area contributed by atoms with Crippen LogP contribution in [-0.2, 0) is 0 Å². The quantitative estimate of drug-likeness (QED) is 0.662. The van der Waals surface area contributed by atoms with Crippen molar-refractivity contribution in [2.75, 3.05) is 0 Å². The topological polar surface area (TPSA) is 20.2 Å². The maximum absolute atomic E-state index is 12.9. The molecule has 1 rings (SSSR count). The molecule has 2 heteroatoms. The number of aliphatic hydroxyl groups is 1. The molecule has 12 heavy (non-hydrogen) atoms. The first-order valence-electron chi connectivity index (χ1n) is 3.61. The fourth-order valence-corrected chi connectivity index (χ4v) is 0.967. The van der Waals surface area contributed by atoms with Gasteiger partial charge in [0.05, 0.1) is 6.10 Å². The van der Waals surface area contributed by atoms with Crippen molar-refractivity contribution in [2.45, 2.75) is 12.5 Å². The maximum atomic E-state index is 12.9. The molecule has 1 nitrogen and oxygen atoms in total. The van der Waals surface area contributed by atoms with Gasteiger partial charge < -0.3 is 5.11 Å². The van der Waals surface area contributed by atoms with E-state index in [2.05, 4.69) is 5.92 Å². The molecule has 0 radical (unpaired) electrons. The summed E-state index contributed by atoms with van der Waals surface area (Å²) in [5.41, 5.74) is 0.260. The summed E-state index contributed by atoms with van der Waals surface area (Å²) in [6.07, 6.45) is 4.23. The molecule has 0 aliphatic carbocycles. The summed E-state index contributed by atoms with van der Waals surface area (Å²) < 4.78 is 12.9. The second kappa shape index (κ2) is 3.89. The SMILES string of the molecule is C#CCC(O)c1ccccc1F. The van der Waals surface area contributed by atoms with Crippen LogP contribution < -0.4 is 0 Å². The number of halogens is 1. The Kier molecular flexibility index (Phi) is 2.84. The molecule has 0 amide bonds. The van der Waals surface area contributed by atoms with Crippen LogP contribution in [0.15, 0.2) is 24.3 Å². The number of rotatable bonds is 2. The molecule has 1 unspecified atom stereocenters. The van der Waals surface area contributed by atoms with Crippen LogP contribution in [0.3, 0.4) is 0 Å². The van der Waals surface area contributed by atoms with Crippen LogP contribution in [-0.4, -0.2) is 5.11 Å². The van der Waals surface area contributed by atoms with Gasteiger partial charge in [0.25, 0.3) is 0 Å². The standard InChI is InChI=1S/C10H9FO/c1-2-5-10(12)8-6-3-4-7-9(8)11/h1,3-4,6-7,10,12H,5H2. The van der Waals surface area contributed by atoms with Crippen molar-refractivity contribution in [2.24, 2.45) is 0 Å². The van der Waals surface area contributed by atoms with Crippen molar-refractivity contribution in [3.63, 3.8) is 0 Å².